The Morgan fingerprint density at radius 3 is 2.60 bits per heavy atom. The number of hydrogen-bond acceptors (Lipinski definition) is 6. The van der Waals surface area contributed by atoms with E-state index >= 15 is 0 Å². The molecule has 30 heavy (non-hydrogen) atoms. The van der Waals surface area contributed by atoms with Gasteiger partial charge in [0, 0.05) is 11.8 Å². The SMILES string of the molecule is COC(=O)c1cc2c(=O)n3cccc(C)c3nc2[n+](Cc2ccc(OC)cc2)c1N. The summed E-state index contributed by atoms with van der Waals surface area (Å²) >= 11 is 0. The van der Waals surface area contributed by atoms with E-state index in [0.29, 0.717) is 17.8 Å². The number of esters is 1. The second-order valence-corrected chi connectivity index (χ2v) is 6.91. The lowest BCUT2D eigenvalue weighted by atomic mass is 10.1. The Bertz CT molecular complexity index is 1340. The van der Waals surface area contributed by atoms with Crippen LogP contribution >= 0.6 is 0 Å². The number of aromatic nitrogens is 3. The van der Waals surface area contributed by atoms with Gasteiger partial charge in [0.25, 0.3) is 11.2 Å². The minimum Gasteiger partial charge on any atom is -0.497 e. The van der Waals surface area contributed by atoms with E-state index in [2.05, 4.69) is 0 Å². The summed E-state index contributed by atoms with van der Waals surface area (Å²) in [5.74, 6) is 0.282. The number of nitrogen functional groups attached to an aromatic ring is 1. The van der Waals surface area contributed by atoms with Gasteiger partial charge in [0.05, 0.1) is 20.8 Å². The predicted molar refractivity (Wildman–Crippen MR) is 112 cm³/mol. The van der Waals surface area contributed by atoms with Crippen LogP contribution in [0.5, 0.6) is 5.75 Å². The fraction of sp³-hybridized carbons (Fsp3) is 0.182. The minimum atomic E-state index is -0.619. The first-order valence-corrected chi connectivity index (χ1v) is 9.30. The molecule has 0 fully saturated rings. The summed E-state index contributed by atoms with van der Waals surface area (Å²) in [6, 6.07) is 12.6. The number of carbonyl (C=O) groups excluding carboxylic acids is 1. The summed E-state index contributed by atoms with van der Waals surface area (Å²) in [4.78, 5) is 30.3. The van der Waals surface area contributed by atoms with Crippen molar-refractivity contribution in [1.82, 2.24) is 9.38 Å². The summed E-state index contributed by atoms with van der Waals surface area (Å²) in [7, 11) is 2.87. The van der Waals surface area contributed by atoms with E-state index in [9.17, 15) is 9.59 Å². The van der Waals surface area contributed by atoms with Gasteiger partial charge in [0.15, 0.2) is 0 Å². The largest absolute Gasteiger partial charge is 0.497 e. The van der Waals surface area contributed by atoms with Crippen LogP contribution < -0.4 is 20.6 Å². The van der Waals surface area contributed by atoms with Crippen molar-refractivity contribution in [3.8, 4) is 5.75 Å². The van der Waals surface area contributed by atoms with Gasteiger partial charge in [-0.25, -0.2) is 9.36 Å². The number of rotatable bonds is 4. The number of pyridine rings is 2. The molecule has 0 spiro atoms. The molecule has 0 saturated carbocycles. The smallest absolute Gasteiger partial charge is 0.344 e. The minimum absolute atomic E-state index is 0.116. The van der Waals surface area contributed by atoms with E-state index in [1.54, 1.807) is 23.9 Å². The summed E-state index contributed by atoms with van der Waals surface area (Å²) in [5.41, 5.74) is 8.87. The van der Waals surface area contributed by atoms with Gasteiger partial charge in [-0.05, 0) is 36.8 Å². The van der Waals surface area contributed by atoms with Gasteiger partial charge >= 0.3 is 5.97 Å². The molecule has 8 heteroatoms. The normalized spacial score (nSPS) is 11.0. The molecule has 0 amide bonds. The Labute approximate surface area is 172 Å². The third-order valence-electron chi connectivity index (χ3n) is 5.08. The maximum absolute atomic E-state index is 13.2. The Morgan fingerprint density at radius 2 is 1.93 bits per heavy atom. The van der Waals surface area contributed by atoms with E-state index in [-0.39, 0.29) is 22.3 Å². The van der Waals surface area contributed by atoms with Gasteiger partial charge in [0.2, 0.25) is 11.5 Å². The molecule has 0 bridgehead atoms. The number of carbonyl (C=O) groups is 1. The summed E-state index contributed by atoms with van der Waals surface area (Å²) < 4.78 is 13.2. The van der Waals surface area contributed by atoms with Crippen LogP contribution in [0.3, 0.4) is 0 Å². The highest BCUT2D eigenvalue weighted by molar-refractivity contribution is 5.96. The highest BCUT2D eigenvalue weighted by Gasteiger charge is 2.25. The van der Waals surface area contributed by atoms with E-state index < -0.39 is 5.97 Å². The second kappa shape index (κ2) is 7.47. The van der Waals surface area contributed by atoms with Crippen molar-refractivity contribution in [2.45, 2.75) is 13.5 Å². The van der Waals surface area contributed by atoms with Crippen LogP contribution in [0.4, 0.5) is 5.82 Å². The number of nitrogens with zero attached hydrogens (tertiary/aromatic N) is 3. The third kappa shape index (κ3) is 3.12. The molecule has 152 valence electrons. The Morgan fingerprint density at radius 1 is 1.20 bits per heavy atom. The molecular weight excluding hydrogens is 384 g/mol. The van der Waals surface area contributed by atoms with Crippen molar-refractivity contribution in [2.24, 2.45) is 0 Å². The average molecular weight is 405 g/mol. The molecule has 2 N–H and O–H groups in total. The summed E-state index contributed by atoms with van der Waals surface area (Å²) in [5, 5.41) is 0.279. The van der Waals surface area contributed by atoms with Crippen LogP contribution in [0.15, 0.2) is 53.5 Å². The highest BCUT2D eigenvalue weighted by Crippen LogP contribution is 2.18. The molecule has 1 aromatic carbocycles. The molecule has 4 rings (SSSR count). The number of anilines is 1. The zero-order valence-electron chi connectivity index (χ0n) is 16.9. The Balaban J connectivity index is 2.05. The first kappa shape index (κ1) is 19.4. The lowest BCUT2D eigenvalue weighted by Crippen LogP contribution is -2.42. The Kier molecular flexibility index (Phi) is 4.83. The van der Waals surface area contributed by atoms with Crippen LogP contribution in [0, 0.1) is 6.92 Å². The number of aryl methyl sites for hydroxylation is 1. The number of benzene rings is 1. The molecule has 0 unspecified atom stereocenters. The maximum atomic E-state index is 13.2. The molecule has 4 aromatic rings. The Hall–Kier alpha value is -3.94. The van der Waals surface area contributed by atoms with Gasteiger partial charge < -0.3 is 15.2 Å². The molecule has 0 radical (unpaired) electrons. The molecule has 0 saturated heterocycles. The molecule has 3 heterocycles. The van der Waals surface area contributed by atoms with Gasteiger partial charge in [-0.2, -0.15) is 0 Å². The van der Waals surface area contributed by atoms with Crippen LogP contribution in [0.2, 0.25) is 0 Å². The number of fused-ring (bicyclic) bond motifs is 2. The fourth-order valence-electron chi connectivity index (χ4n) is 3.46. The summed E-state index contributed by atoms with van der Waals surface area (Å²) in [6.45, 7) is 2.19. The van der Waals surface area contributed by atoms with Crippen molar-refractivity contribution in [3.63, 3.8) is 0 Å². The van der Waals surface area contributed by atoms with Gasteiger partial charge in [-0.15, -0.1) is 0 Å². The van der Waals surface area contributed by atoms with Crippen molar-refractivity contribution in [2.75, 3.05) is 20.0 Å². The fourth-order valence-corrected chi connectivity index (χ4v) is 3.46. The van der Waals surface area contributed by atoms with Gasteiger partial charge in [-0.1, -0.05) is 23.2 Å². The first-order chi connectivity index (χ1) is 14.4. The first-order valence-electron chi connectivity index (χ1n) is 9.30. The van der Waals surface area contributed by atoms with Crippen LogP contribution in [0.1, 0.15) is 21.5 Å². The predicted octanol–water partition coefficient (Wildman–Crippen LogP) is 1.87. The van der Waals surface area contributed by atoms with E-state index in [4.69, 9.17) is 20.2 Å². The molecule has 0 aliphatic carbocycles. The molecule has 0 aliphatic heterocycles. The van der Waals surface area contributed by atoms with Crippen LogP contribution in [-0.4, -0.2) is 29.6 Å². The number of nitrogens with two attached hydrogens (primary N) is 1. The van der Waals surface area contributed by atoms with E-state index in [1.165, 1.54) is 17.6 Å². The number of ether oxygens (including phenoxy) is 2. The standard InChI is InChI=1S/C22H20N4O4/c1-13-5-4-10-25-19(13)24-20-17(21(25)27)11-16(22(28)30-3)18(23)26(20)12-14-6-8-15(29-2)9-7-14/h4-11,23H,12H2,1-3H3/p+1. The maximum Gasteiger partial charge on any atom is 0.344 e. The summed E-state index contributed by atoms with van der Waals surface area (Å²) in [6.07, 6.45) is 1.65. The number of methoxy groups -OCH3 is 2. The van der Waals surface area contributed by atoms with E-state index in [1.807, 2.05) is 37.3 Å². The van der Waals surface area contributed by atoms with Crippen molar-refractivity contribution >= 4 is 28.5 Å². The average Bonchev–Trinajstić information content (AvgIpc) is 2.76. The van der Waals surface area contributed by atoms with Crippen molar-refractivity contribution in [3.05, 3.63) is 75.7 Å². The molecule has 3 aromatic heterocycles. The van der Waals surface area contributed by atoms with Gasteiger partial charge in [0.1, 0.15) is 16.7 Å². The molecule has 8 nitrogen and oxygen atoms in total. The lowest BCUT2D eigenvalue weighted by Gasteiger charge is -2.12. The molecule has 0 atom stereocenters. The second-order valence-electron chi connectivity index (χ2n) is 6.91. The molecular formula is C22H21N4O4+. The van der Waals surface area contributed by atoms with Crippen molar-refractivity contribution in [1.29, 1.82) is 0 Å². The number of hydrogen-bond donors (Lipinski definition) is 1. The topological polar surface area (TPSA) is 99.8 Å². The zero-order chi connectivity index (χ0) is 21.4. The molecule has 0 aliphatic rings. The van der Waals surface area contributed by atoms with Gasteiger partial charge in [-0.3, -0.25) is 9.20 Å². The van der Waals surface area contributed by atoms with E-state index in [0.717, 1.165) is 16.9 Å². The zero-order valence-corrected chi connectivity index (χ0v) is 16.9. The highest BCUT2D eigenvalue weighted by atomic mass is 16.5. The monoisotopic (exact) mass is 405 g/mol. The van der Waals surface area contributed by atoms with Crippen LogP contribution in [0.25, 0.3) is 16.7 Å². The van der Waals surface area contributed by atoms with Crippen molar-refractivity contribution < 1.29 is 18.8 Å². The third-order valence-corrected chi connectivity index (χ3v) is 5.08. The lowest BCUT2D eigenvalue weighted by molar-refractivity contribution is -0.649. The van der Waals surface area contributed by atoms with Crippen LogP contribution in [-0.2, 0) is 11.3 Å². The quantitative estimate of drug-likeness (QED) is 0.316.